The van der Waals surface area contributed by atoms with E-state index in [0.29, 0.717) is 5.56 Å². The normalized spacial score (nSPS) is 15.1. The first-order chi connectivity index (χ1) is 12.1. The lowest BCUT2D eigenvalue weighted by molar-refractivity contribution is -0.556. The van der Waals surface area contributed by atoms with Crippen molar-refractivity contribution in [1.29, 1.82) is 0 Å². The summed E-state index contributed by atoms with van der Waals surface area (Å²) in [6, 6.07) is 5.42. The Kier molecular flexibility index (Phi) is 7.89. The fourth-order valence-corrected chi connectivity index (χ4v) is 4.11. The maximum atomic E-state index is 12.9. The first kappa shape index (κ1) is 22.2. The summed E-state index contributed by atoms with van der Waals surface area (Å²) in [6.07, 6.45) is 0. The van der Waals surface area contributed by atoms with Crippen LogP contribution in [0.5, 0.6) is 0 Å². The molecule has 1 N–H and O–H groups in total. The number of methoxy groups -OCH3 is 1. The molecule has 0 spiro atoms. The van der Waals surface area contributed by atoms with Crippen molar-refractivity contribution in [2.45, 2.75) is 39.3 Å². The molecule has 10 heteroatoms. The number of carbonyl (C=O) groups is 1. The molecule has 0 saturated heterocycles. The van der Waals surface area contributed by atoms with Crippen LogP contribution in [-0.4, -0.2) is 36.8 Å². The van der Waals surface area contributed by atoms with E-state index in [4.69, 9.17) is 9.05 Å². The number of hydrogen-bond donors (Lipinski definition) is 1. The standard InChI is InChI=1S/C16H25N2O7P/c1-6-24-26(22,25-7-2)17-14(13-10-8-9-12(3)11-13)16(4,18(20)21)15(19)23-5/h8-11,14H,6-7H2,1-5H3,(H,17,22)/t14-,16-/m0/s1. The molecule has 0 radical (unpaired) electrons. The summed E-state index contributed by atoms with van der Waals surface area (Å²) in [5.74, 6) is -1.08. The van der Waals surface area contributed by atoms with Crippen LogP contribution in [0.4, 0.5) is 0 Å². The van der Waals surface area contributed by atoms with Gasteiger partial charge in [0.05, 0.1) is 20.3 Å². The number of esters is 1. The van der Waals surface area contributed by atoms with Gasteiger partial charge in [-0.15, -0.1) is 0 Å². The number of carbonyl (C=O) groups excluding carboxylic acids is 1. The summed E-state index contributed by atoms with van der Waals surface area (Å²) in [6.45, 7) is 6.24. The first-order valence-corrected chi connectivity index (χ1v) is 9.65. The van der Waals surface area contributed by atoms with E-state index >= 15 is 0 Å². The highest BCUT2D eigenvalue weighted by atomic mass is 31.2. The van der Waals surface area contributed by atoms with E-state index in [0.717, 1.165) is 19.6 Å². The second-order valence-corrected chi connectivity index (χ2v) is 7.48. The molecule has 0 aliphatic heterocycles. The van der Waals surface area contributed by atoms with Crippen molar-refractivity contribution in [3.8, 4) is 0 Å². The van der Waals surface area contributed by atoms with Gasteiger partial charge in [-0.2, -0.15) is 0 Å². The second-order valence-electron chi connectivity index (χ2n) is 5.71. The van der Waals surface area contributed by atoms with Gasteiger partial charge < -0.3 is 4.74 Å². The van der Waals surface area contributed by atoms with E-state index in [1.807, 2.05) is 0 Å². The Hall–Kier alpha value is -1.80. The molecule has 26 heavy (non-hydrogen) atoms. The topological polar surface area (TPSA) is 117 Å². The zero-order valence-corrected chi connectivity index (χ0v) is 16.4. The van der Waals surface area contributed by atoms with Gasteiger partial charge in [0.15, 0.2) is 0 Å². The summed E-state index contributed by atoms with van der Waals surface area (Å²) in [4.78, 5) is 23.4. The fraction of sp³-hybridized carbons (Fsp3) is 0.562. The van der Waals surface area contributed by atoms with E-state index < -0.39 is 30.2 Å². The summed E-state index contributed by atoms with van der Waals surface area (Å²) < 4.78 is 28.0. The Morgan fingerprint density at radius 2 is 1.92 bits per heavy atom. The van der Waals surface area contributed by atoms with Gasteiger partial charge in [-0.25, -0.2) is 14.4 Å². The molecule has 1 rings (SSSR count). The molecule has 0 unspecified atom stereocenters. The van der Waals surface area contributed by atoms with Gasteiger partial charge in [-0.1, -0.05) is 29.8 Å². The molecule has 0 aromatic heterocycles. The third-order valence-corrected chi connectivity index (χ3v) is 5.57. The minimum absolute atomic E-state index is 0.0538. The predicted octanol–water partition coefficient (Wildman–Crippen LogP) is 3.02. The summed E-state index contributed by atoms with van der Waals surface area (Å²) >= 11 is 0. The van der Waals surface area contributed by atoms with E-state index in [9.17, 15) is 19.5 Å². The van der Waals surface area contributed by atoms with E-state index in [2.05, 4.69) is 9.82 Å². The minimum atomic E-state index is -3.90. The van der Waals surface area contributed by atoms with Crippen molar-refractivity contribution in [3.63, 3.8) is 0 Å². The number of hydrogen-bond acceptors (Lipinski definition) is 7. The number of rotatable bonds is 10. The Morgan fingerprint density at radius 3 is 2.35 bits per heavy atom. The van der Waals surface area contributed by atoms with Crippen LogP contribution in [0.15, 0.2) is 24.3 Å². The van der Waals surface area contributed by atoms with Gasteiger partial charge in [0.1, 0.15) is 6.04 Å². The minimum Gasteiger partial charge on any atom is -0.464 e. The maximum absolute atomic E-state index is 12.9. The number of benzene rings is 1. The smallest absolute Gasteiger partial charge is 0.406 e. The van der Waals surface area contributed by atoms with Crippen LogP contribution in [-0.2, 0) is 23.1 Å². The van der Waals surface area contributed by atoms with Crippen LogP contribution in [0.3, 0.4) is 0 Å². The van der Waals surface area contributed by atoms with Gasteiger partial charge in [-0.05, 0) is 26.3 Å². The average molecular weight is 388 g/mol. The largest absolute Gasteiger partial charge is 0.464 e. The molecule has 1 aromatic rings. The Labute approximate surface area is 152 Å². The Balaban J connectivity index is 3.54. The monoisotopic (exact) mass is 388 g/mol. The lowest BCUT2D eigenvalue weighted by Crippen LogP contribution is -2.53. The molecule has 0 bridgehead atoms. The second kappa shape index (κ2) is 9.23. The fourth-order valence-electron chi connectivity index (χ4n) is 2.49. The maximum Gasteiger partial charge on any atom is 0.406 e. The third-order valence-electron chi connectivity index (χ3n) is 3.80. The molecule has 0 amide bonds. The number of nitro groups is 1. The van der Waals surface area contributed by atoms with Crippen LogP contribution in [0, 0.1) is 17.0 Å². The molecule has 146 valence electrons. The quantitative estimate of drug-likeness (QED) is 0.281. The lowest BCUT2D eigenvalue weighted by atomic mass is 9.87. The predicted molar refractivity (Wildman–Crippen MR) is 95.3 cm³/mol. The van der Waals surface area contributed by atoms with E-state index in [-0.39, 0.29) is 13.2 Å². The molecule has 0 saturated carbocycles. The zero-order valence-electron chi connectivity index (χ0n) is 15.6. The summed E-state index contributed by atoms with van der Waals surface area (Å²) in [5, 5.41) is 14.4. The highest BCUT2D eigenvalue weighted by molar-refractivity contribution is 7.51. The molecule has 0 aliphatic rings. The van der Waals surface area contributed by atoms with Crippen LogP contribution >= 0.6 is 7.75 Å². The molecule has 0 aliphatic carbocycles. The molecule has 2 atom stereocenters. The van der Waals surface area contributed by atoms with Gasteiger partial charge >= 0.3 is 19.3 Å². The van der Waals surface area contributed by atoms with Gasteiger partial charge in [-0.3, -0.25) is 19.2 Å². The van der Waals surface area contributed by atoms with E-state index in [1.54, 1.807) is 45.0 Å². The van der Waals surface area contributed by atoms with Crippen LogP contribution in [0.2, 0.25) is 0 Å². The van der Waals surface area contributed by atoms with Crippen molar-refractivity contribution in [2.24, 2.45) is 0 Å². The highest BCUT2D eigenvalue weighted by Gasteiger charge is 2.57. The molecule has 0 heterocycles. The Bertz CT molecular complexity index is 687. The lowest BCUT2D eigenvalue weighted by Gasteiger charge is -2.31. The van der Waals surface area contributed by atoms with Crippen molar-refractivity contribution >= 4 is 13.7 Å². The summed E-state index contributed by atoms with van der Waals surface area (Å²) in [5.41, 5.74) is -1.06. The van der Waals surface area contributed by atoms with Crippen molar-refractivity contribution in [1.82, 2.24) is 5.09 Å². The number of ether oxygens (including phenoxy) is 1. The first-order valence-electron chi connectivity index (χ1n) is 8.11. The zero-order chi connectivity index (χ0) is 20.0. The molecule has 9 nitrogen and oxygen atoms in total. The molecular formula is C16H25N2O7P. The van der Waals surface area contributed by atoms with Crippen molar-refractivity contribution in [2.75, 3.05) is 20.3 Å². The third kappa shape index (κ3) is 4.88. The average Bonchev–Trinajstić information content (AvgIpc) is 2.58. The molecule has 0 fully saturated rings. The molecule has 1 aromatic carbocycles. The SMILES string of the molecule is CCOP(=O)(N[C@@H](c1cccc(C)c1)[C@@](C)(C(=O)OC)[N+](=O)[O-])OCC. The van der Waals surface area contributed by atoms with Crippen LogP contribution in [0.1, 0.15) is 37.9 Å². The van der Waals surface area contributed by atoms with Gasteiger partial charge in [0.2, 0.25) is 0 Å². The van der Waals surface area contributed by atoms with Gasteiger partial charge in [0, 0.05) is 11.8 Å². The number of nitrogens with one attached hydrogen (secondary N) is 1. The van der Waals surface area contributed by atoms with Gasteiger partial charge in [0.25, 0.3) is 0 Å². The van der Waals surface area contributed by atoms with E-state index in [1.165, 1.54) is 0 Å². The highest BCUT2D eigenvalue weighted by Crippen LogP contribution is 2.48. The number of aryl methyl sites for hydroxylation is 1. The summed E-state index contributed by atoms with van der Waals surface area (Å²) in [7, 11) is -2.85. The Morgan fingerprint density at radius 1 is 1.35 bits per heavy atom. The molecular weight excluding hydrogens is 363 g/mol. The van der Waals surface area contributed by atoms with Crippen molar-refractivity contribution < 1.29 is 28.1 Å². The van der Waals surface area contributed by atoms with Crippen molar-refractivity contribution in [3.05, 3.63) is 45.5 Å². The van der Waals surface area contributed by atoms with Crippen LogP contribution < -0.4 is 5.09 Å². The number of nitrogens with zero attached hydrogens (tertiary/aromatic N) is 1. The van der Waals surface area contributed by atoms with Crippen LogP contribution in [0.25, 0.3) is 0 Å².